The molecule has 0 radical (unpaired) electrons. The maximum atomic E-state index is 12.5. The van der Waals surface area contributed by atoms with Crippen molar-refractivity contribution in [3.8, 4) is 0 Å². The first-order valence-corrected chi connectivity index (χ1v) is 5.09. The maximum absolute atomic E-state index is 12.5. The summed E-state index contributed by atoms with van der Waals surface area (Å²) >= 11 is 0. The van der Waals surface area contributed by atoms with Crippen molar-refractivity contribution in [1.29, 1.82) is 0 Å². The summed E-state index contributed by atoms with van der Waals surface area (Å²) in [5.41, 5.74) is 4.13. The first kappa shape index (κ1) is 12.4. The SMILES string of the molecule is Nc1nc(N2CCNC(=O)C2)cc(C(F)(F)F)n1. The molecule has 6 nitrogen and oxygen atoms in total. The zero-order valence-corrected chi connectivity index (χ0v) is 9.16. The van der Waals surface area contributed by atoms with Crippen molar-refractivity contribution >= 4 is 17.7 Å². The topological polar surface area (TPSA) is 84.1 Å². The normalized spacial score (nSPS) is 16.6. The lowest BCUT2D eigenvalue weighted by molar-refractivity contribution is -0.141. The van der Waals surface area contributed by atoms with E-state index in [0.717, 1.165) is 6.07 Å². The van der Waals surface area contributed by atoms with Crippen molar-refractivity contribution in [3.63, 3.8) is 0 Å². The summed E-state index contributed by atoms with van der Waals surface area (Å²) in [7, 11) is 0. The summed E-state index contributed by atoms with van der Waals surface area (Å²) in [4.78, 5) is 19.4. The molecular formula is C9H10F3N5O. The molecule has 3 N–H and O–H groups in total. The highest BCUT2D eigenvalue weighted by molar-refractivity contribution is 5.82. The predicted molar refractivity (Wildman–Crippen MR) is 56.7 cm³/mol. The summed E-state index contributed by atoms with van der Waals surface area (Å²) in [6, 6.07) is 0.787. The Bertz CT molecular complexity index is 476. The minimum atomic E-state index is -4.59. The van der Waals surface area contributed by atoms with Gasteiger partial charge in [-0.15, -0.1) is 0 Å². The molecule has 1 aliphatic rings. The molecule has 0 bridgehead atoms. The van der Waals surface area contributed by atoms with Crippen LogP contribution in [0.3, 0.4) is 0 Å². The number of amides is 1. The van der Waals surface area contributed by atoms with E-state index in [9.17, 15) is 18.0 Å². The number of nitrogens with one attached hydrogen (secondary N) is 1. The summed E-state index contributed by atoms with van der Waals surface area (Å²) in [6.07, 6.45) is -4.59. The molecule has 0 atom stereocenters. The van der Waals surface area contributed by atoms with Gasteiger partial charge in [-0.25, -0.2) is 4.98 Å². The minimum absolute atomic E-state index is 0.00433. The molecule has 2 heterocycles. The van der Waals surface area contributed by atoms with Gasteiger partial charge in [-0.3, -0.25) is 4.79 Å². The van der Waals surface area contributed by atoms with Crippen molar-refractivity contribution < 1.29 is 18.0 Å². The fourth-order valence-corrected chi connectivity index (χ4v) is 1.59. The lowest BCUT2D eigenvalue weighted by Gasteiger charge is -2.27. The number of alkyl halides is 3. The Morgan fingerprint density at radius 3 is 2.72 bits per heavy atom. The van der Waals surface area contributed by atoms with Gasteiger partial charge in [0.05, 0.1) is 6.54 Å². The molecule has 98 valence electrons. The van der Waals surface area contributed by atoms with Crippen LogP contribution in [0.4, 0.5) is 24.9 Å². The van der Waals surface area contributed by atoms with Gasteiger partial charge in [0.15, 0.2) is 5.69 Å². The molecule has 1 aromatic heterocycles. The first-order valence-electron chi connectivity index (χ1n) is 5.09. The van der Waals surface area contributed by atoms with Crippen LogP contribution in [0.5, 0.6) is 0 Å². The van der Waals surface area contributed by atoms with Gasteiger partial charge in [0.25, 0.3) is 0 Å². The number of hydrogen-bond acceptors (Lipinski definition) is 5. The third-order valence-corrected chi connectivity index (χ3v) is 2.38. The van der Waals surface area contributed by atoms with E-state index in [1.807, 2.05) is 0 Å². The lowest BCUT2D eigenvalue weighted by atomic mass is 10.3. The zero-order chi connectivity index (χ0) is 13.3. The molecule has 0 aliphatic carbocycles. The van der Waals surface area contributed by atoms with Crippen molar-refractivity contribution in [1.82, 2.24) is 15.3 Å². The molecule has 9 heteroatoms. The highest BCUT2D eigenvalue weighted by atomic mass is 19.4. The Morgan fingerprint density at radius 1 is 1.39 bits per heavy atom. The standard InChI is InChI=1S/C9H10F3N5O/c10-9(11,12)5-3-6(16-8(13)15-5)17-2-1-14-7(18)4-17/h3H,1-2,4H2,(H,14,18)(H2,13,15,16). The molecule has 0 unspecified atom stereocenters. The van der Waals surface area contributed by atoms with Gasteiger partial charge in [0.2, 0.25) is 11.9 Å². The average molecular weight is 261 g/mol. The number of hydrogen-bond donors (Lipinski definition) is 2. The summed E-state index contributed by atoms with van der Waals surface area (Å²) in [6.45, 7) is 0.678. The first-order chi connectivity index (χ1) is 8.36. The second-order valence-electron chi connectivity index (χ2n) is 3.74. The van der Waals surface area contributed by atoms with E-state index in [-0.39, 0.29) is 18.3 Å². The molecule has 1 saturated heterocycles. The number of carbonyl (C=O) groups excluding carboxylic acids is 1. The quantitative estimate of drug-likeness (QED) is 0.744. The van der Waals surface area contributed by atoms with Crippen molar-refractivity contribution in [2.75, 3.05) is 30.3 Å². The Kier molecular flexibility index (Phi) is 2.97. The summed E-state index contributed by atoms with van der Waals surface area (Å²) in [5.74, 6) is -0.734. The smallest absolute Gasteiger partial charge is 0.368 e. The van der Waals surface area contributed by atoms with Crippen LogP contribution >= 0.6 is 0 Å². The van der Waals surface area contributed by atoms with Gasteiger partial charge in [-0.05, 0) is 0 Å². The fourth-order valence-electron chi connectivity index (χ4n) is 1.59. The number of carbonyl (C=O) groups is 1. The van der Waals surface area contributed by atoms with E-state index in [4.69, 9.17) is 5.73 Å². The van der Waals surface area contributed by atoms with Gasteiger partial charge >= 0.3 is 6.18 Å². The predicted octanol–water partition coefficient (Wildman–Crippen LogP) is 0.0138. The van der Waals surface area contributed by atoms with Crippen LogP contribution in [0.2, 0.25) is 0 Å². The molecule has 0 aromatic carbocycles. The van der Waals surface area contributed by atoms with Crippen LogP contribution in [-0.4, -0.2) is 35.5 Å². The van der Waals surface area contributed by atoms with E-state index in [1.54, 1.807) is 0 Å². The molecule has 2 rings (SSSR count). The number of anilines is 2. The van der Waals surface area contributed by atoms with Crippen molar-refractivity contribution in [2.24, 2.45) is 0 Å². The van der Waals surface area contributed by atoms with E-state index >= 15 is 0 Å². The number of halogens is 3. The summed E-state index contributed by atoms with van der Waals surface area (Å²) in [5, 5.41) is 2.56. The number of nitrogens with zero attached hydrogens (tertiary/aromatic N) is 3. The Morgan fingerprint density at radius 2 is 2.11 bits per heavy atom. The molecule has 1 aliphatic heterocycles. The van der Waals surface area contributed by atoms with Crippen LogP contribution < -0.4 is 16.0 Å². The molecule has 0 saturated carbocycles. The number of nitrogen functional groups attached to an aromatic ring is 1. The molecule has 18 heavy (non-hydrogen) atoms. The molecule has 1 amide bonds. The number of rotatable bonds is 1. The van der Waals surface area contributed by atoms with Crippen molar-refractivity contribution in [2.45, 2.75) is 6.18 Å². The largest absolute Gasteiger partial charge is 0.433 e. The maximum Gasteiger partial charge on any atom is 0.433 e. The van der Waals surface area contributed by atoms with E-state index < -0.39 is 17.8 Å². The third kappa shape index (κ3) is 2.60. The molecule has 0 spiro atoms. The van der Waals surface area contributed by atoms with Gasteiger partial charge in [-0.1, -0.05) is 0 Å². The van der Waals surface area contributed by atoms with Crippen LogP contribution in [-0.2, 0) is 11.0 Å². The van der Waals surface area contributed by atoms with Crippen LogP contribution in [0, 0.1) is 0 Å². The average Bonchev–Trinajstić information content (AvgIpc) is 2.27. The minimum Gasteiger partial charge on any atom is -0.368 e. The van der Waals surface area contributed by atoms with E-state index in [0.29, 0.717) is 13.1 Å². The molecule has 1 fully saturated rings. The molecule has 1 aromatic rings. The second kappa shape index (κ2) is 4.31. The highest BCUT2D eigenvalue weighted by Gasteiger charge is 2.34. The van der Waals surface area contributed by atoms with Gasteiger partial charge in [-0.2, -0.15) is 18.2 Å². The Balaban J connectivity index is 2.33. The van der Waals surface area contributed by atoms with Crippen LogP contribution in [0.15, 0.2) is 6.07 Å². The Hall–Kier alpha value is -2.06. The monoisotopic (exact) mass is 261 g/mol. The third-order valence-electron chi connectivity index (χ3n) is 2.38. The number of nitrogens with two attached hydrogens (primary N) is 1. The summed E-state index contributed by atoms with van der Waals surface area (Å²) < 4.78 is 37.6. The Labute approximate surface area is 100.0 Å². The van der Waals surface area contributed by atoms with Crippen molar-refractivity contribution in [3.05, 3.63) is 11.8 Å². The van der Waals surface area contributed by atoms with Gasteiger partial charge in [0, 0.05) is 19.2 Å². The van der Waals surface area contributed by atoms with Gasteiger partial charge < -0.3 is 16.0 Å². The second-order valence-corrected chi connectivity index (χ2v) is 3.74. The van der Waals surface area contributed by atoms with E-state index in [1.165, 1.54) is 4.90 Å². The number of piperazine rings is 1. The van der Waals surface area contributed by atoms with Gasteiger partial charge in [0.1, 0.15) is 5.82 Å². The van der Waals surface area contributed by atoms with E-state index in [2.05, 4.69) is 15.3 Å². The molecular weight excluding hydrogens is 251 g/mol. The highest BCUT2D eigenvalue weighted by Crippen LogP contribution is 2.30. The zero-order valence-electron chi connectivity index (χ0n) is 9.16. The number of aromatic nitrogens is 2. The van der Waals surface area contributed by atoms with Crippen LogP contribution in [0.25, 0.3) is 0 Å². The van der Waals surface area contributed by atoms with Crippen LogP contribution in [0.1, 0.15) is 5.69 Å². The fraction of sp³-hybridized carbons (Fsp3) is 0.444. The lowest BCUT2D eigenvalue weighted by Crippen LogP contribution is -2.48.